The fraction of sp³-hybridized carbons (Fsp3) is 0.500. The summed E-state index contributed by atoms with van der Waals surface area (Å²) in [6.07, 6.45) is 1.34. The molecule has 1 aromatic heterocycles. The average Bonchev–Trinajstić information content (AvgIpc) is 2.94. The van der Waals surface area contributed by atoms with Crippen LogP contribution in [0, 0.1) is 5.82 Å². The van der Waals surface area contributed by atoms with Gasteiger partial charge in [0.2, 0.25) is 5.88 Å². The highest BCUT2D eigenvalue weighted by atomic mass is 32.2. The van der Waals surface area contributed by atoms with E-state index in [1.165, 1.54) is 16.4 Å². The zero-order valence-corrected chi connectivity index (χ0v) is 18.9. The van der Waals surface area contributed by atoms with E-state index in [4.69, 9.17) is 4.74 Å². The van der Waals surface area contributed by atoms with E-state index in [1.54, 1.807) is 12.1 Å². The van der Waals surface area contributed by atoms with Crippen LogP contribution < -0.4 is 13.8 Å². The van der Waals surface area contributed by atoms with Gasteiger partial charge in [0.1, 0.15) is 5.82 Å². The van der Waals surface area contributed by atoms with Crippen molar-refractivity contribution < 1.29 is 17.5 Å². The maximum Gasteiger partial charge on any atom is 0.302 e. The van der Waals surface area contributed by atoms with Gasteiger partial charge in [-0.2, -0.15) is 13.1 Å². The third kappa shape index (κ3) is 4.53. The number of rotatable bonds is 5. The number of nitrogens with one attached hydrogen (secondary N) is 1. The molecule has 0 aliphatic carbocycles. The Bertz CT molecular complexity index is 1050. The minimum Gasteiger partial charge on any atom is -0.475 e. The zero-order chi connectivity index (χ0) is 22.2. The number of halogens is 1. The van der Waals surface area contributed by atoms with Gasteiger partial charge in [0, 0.05) is 31.7 Å². The van der Waals surface area contributed by atoms with E-state index in [0.29, 0.717) is 44.0 Å². The SMILES string of the molecule is CC(C)Oc1cccc(CN2CC[C@]3(CNS(=O)(=O)N3c3cccc(F)c3)C[C@@H]2C)n1. The standard InChI is InChI=1S/C22H29FN4O3S/c1-16(2)30-21-9-5-7-19(25-21)14-26-11-10-22(13-17(26)3)15-24-31(28,29)27(22)20-8-4-6-18(23)12-20/h4-9,12,16-17,24H,10-11,13-15H2,1-3H3/t17-,22+/m0/s1. The molecule has 0 saturated carbocycles. The van der Waals surface area contributed by atoms with Crippen molar-refractivity contribution in [3.05, 3.63) is 54.0 Å². The normalized spacial score (nSPS) is 26.0. The summed E-state index contributed by atoms with van der Waals surface area (Å²) in [4.78, 5) is 6.91. The van der Waals surface area contributed by atoms with Gasteiger partial charge in [-0.1, -0.05) is 12.1 Å². The van der Waals surface area contributed by atoms with Gasteiger partial charge < -0.3 is 4.74 Å². The number of benzene rings is 1. The van der Waals surface area contributed by atoms with Gasteiger partial charge >= 0.3 is 10.2 Å². The third-order valence-electron chi connectivity index (χ3n) is 5.96. The lowest BCUT2D eigenvalue weighted by molar-refractivity contribution is 0.104. The van der Waals surface area contributed by atoms with Crippen LogP contribution in [-0.4, -0.2) is 49.1 Å². The van der Waals surface area contributed by atoms with Crippen LogP contribution in [0.3, 0.4) is 0 Å². The molecule has 1 spiro atoms. The van der Waals surface area contributed by atoms with E-state index >= 15 is 0 Å². The third-order valence-corrected chi connectivity index (χ3v) is 7.55. The Hall–Kier alpha value is -2.23. The first-order valence-electron chi connectivity index (χ1n) is 10.6. The predicted octanol–water partition coefficient (Wildman–Crippen LogP) is 3.09. The molecule has 7 nitrogen and oxygen atoms in total. The van der Waals surface area contributed by atoms with Crippen LogP contribution in [0.25, 0.3) is 0 Å². The van der Waals surface area contributed by atoms with Crippen molar-refractivity contribution in [3.8, 4) is 5.88 Å². The second kappa shape index (κ2) is 8.37. The molecule has 1 N–H and O–H groups in total. The first kappa shape index (κ1) is 22.0. The van der Waals surface area contributed by atoms with Crippen LogP contribution in [0.15, 0.2) is 42.5 Å². The van der Waals surface area contributed by atoms with Crippen LogP contribution in [0.1, 0.15) is 39.3 Å². The number of pyridine rings is 1. The van der Waals surface area contributed by atoms with E-state index in [9.17, 15) is 12.8 Å². The van der Waals surface area contributed by atoms with E-state index in [1.807, 2.05) is 32.0 Å². The number of nitrogens with zero attached hydrogens (tertiary/aromatic N) is 3. The number of likely N-dealkylation sites (tertiary alicyclic amines) is 1. The second-order valence-electron chi connectivity index (χ2n) is 8.70. The highest BCUT2D eigenvalue weighted by molar-refractivity contribution is 7.91. The predicted molar refractivity (Wildman–Crippen MR) is 118 cm³/mol. The molecule has 2 fully saturated rings. The van der Waals surface area contributed by atoms with Gasteiger partial charge in [-0.15, -0.1) is 0 Å². The summed E-state index contributed by atoms with van der Waals surface area (Å²) in [7, 11) is -3.71. The van der Waals surface area contributed by atoms with Gasteiger partial charge in [0.05, 0.1) is 23.0 Å². The molecule has 1 aromatic carbocycles. The minimum absolute atomic E-state index is 0.0575. The molecule has 0 amide bonds. The van der Waals surface area contributed by atoms with E-state index in [2.05, 4.69) is 21.5 Å². The summed E-state index contributed by atoms with van der Waals surface area (Å²) in [5.74, 6) is 0.159. The Morgan fingerprint density at radius 2 is 2.06 bits per heavy atom. The van der Waals surface area contributed by atoms with Crippen molar-refractivity contribution >= 4 is 15.9 Å². The molecule has 2 saturated heterocycles. The molecule has 3 heterocycles. The molecule has 0 radical (unpaired) electrons. The summed E-state index contributed by atoms with van der Waals surface area (Å²) in [5, 5.41) is 0. The molecule has 168 valence electrons. The van der Waals surface area contributed by atoms with E-state index in [-0.39, 0.29) is 12.1 Å². The van der Waals surface area contributed by atoms with E-state index < -0.39 is 21.6 Å². The van der Waals surface area contributed by atoms with Crippen molar-refractivity contribution in [2.75, 3.05) is 17.4 Å². The Balaban J connectivity index is 1.53. The first-order chi connectivity index (χ1) is 14.7. The molecule has 9 heteroatoms. The summed E-state index contributed by atoms with van der Waals surface area (Å²) in [6, 6.07) is 11.7. The van der Waals surface area contributed by atoms with Gasteiger partial charge in [-0.05, 0) is 57.9 Å². The number of hydrogen-bond donors (Lipinski definition) is 1. The molecular weight excluding hydrogens is 419 g/mol. The summed E-state index contributed by atoms with van der Waals surface area (Å²) >= 11 is 0. The van der Waals surface area contributed by atoms with Crippen molar-refractivity contribution in [2.24, 2.45) is 0 Å². The van der Waals surface area contributed by atoms with E-state index in [0.717, 1.165) is 5.69 Å². The number of piperidine rings is 1. The van der Waals surface area contributed by atoms with Crippen LogP contribution in [0.2, 0.25) is 0 Å². The smallest absolute Gasteiger partial charge is 0.302 e. The lowest BCUT2D eigenvalue weighted by atomic mass is 9.83. The summed E-state index contributed by atoms with van der Waals surface area (Å²) < 4.78 is 49.2. The summed E-state index contributed by atoms with van der Waals surface area (Å²) in [5.41, 5.74) is 0.671. The second-order valence-corrected chi connectivity index (χ2v) is 10.3. The maximum absolute atomic E-state index is 13.9. The highest BCUT2D eigenvalue weighted by Crippen LogP contribution is 2.41. The zero-order valence-electron chi connectivity index (χ0n) is 18.1. The minimum atomic E-state index is -3.71. The molecule has 2 aliphatic rings. The number of aromatic nitrogens is 1. The summed E-state index contributed by atoms with van der Waals surface area (Å²) in [6.45, 7) is 7.72. The van der Waals surface area contributed by atoms with Crippen molar-refractivity contribution in [1.29, 1.82) is 0 Å². The molecule has 0 unspecified atom stereocenters. The quantitative estimate of drug-likeness (QED) is 0.761. The van der Waals surface area contributed by atoms with Crippen molar-refractivity contribution in [2.45, 2.75) is 57.8 Å². The molecule has 0 bridgehead atoms. The van der Waals surface area contributed by atoms with Crippen molar-refractivity contribution in [1.82, 2.24) is 14.6 Å². The van der Waals surface area contributed by atoms with Gasteiger partial charge in [0.15, 0.2) is 0 Å². The molecule has 2 aliphatic heterocycles. The molecule has 2 aromatic rings. The van der Waals surface area contributed by atoms with Gasteiger partial charge in [-0.25, -0.2) is 9.37 Å². The Morgan fingerprint density at radius 3 is 2.77 bits per heavy atom. The van der Waals surface area contributed by atoms with Crippen LogP contribution >= 0.6 is 0 Å². The first-order valence-corrected chi connectivity index (χ1v) is 12.0. The molecule has 31 heavy (non-hydrogen) atoms. The fourth-order valence-corrected chi connectivity index (χ4v) is 6.34. The largest absolute Gasteiger partial charge is 0.475 e. The van der Waals surface area contributed by atoms with Crippen LogP contribution in [0.5, 0.6) is 5.88 Å². The van der Waals surface area contributed by atoms with Crippen LogP contribution in [0.4, 0.5) is 10.1 Å². The molecular formula is C22H29FN4O3S. The molecule has 4 rings (SSSR count). The lowest BCUT2D eigenvalue weighted by Gasteiger charge is -2.47. The van der Waals surface area contributed by atoms with Crippen molar-refractivity contribution in [3.63, 3.8) is 0 Å². The number of ether oxygens (including phenoxy) is 1. The van der Waals surface area contributed by atoms with Crippen LogP contribution in [-0.2, 0) is 16.8 Å². The average molecular weight is 449 g/mol. The lowest BCUT2D eigenvalue weighted by Crippen LogP contribution is -2.57. The Kier molecular flexibility index (Phi) is 5.93. The highest BCUT2D eigenvalue weighted by Gasteiger charge is 2.52. The topological polar surface area (TPSA) is 74.8 Å². The Labute approximate surface area is 183 Å². The number of hydrogen-bond acceptors (Lipinski definition) is 5. The maximum atomic E-state index is 13.9. The molecule has 2 atom stereocenters. The van der Waals surface area contributed by atoms with Gasteiger partial charge in [-0.3, -0.25) is 9.21 Å². The fourth-order valence-electron chi connectivity index (χ4n) is 4.63. The van der Waals surface area contributed by atoms with Gasteiger partial charge in [0.25, 0.3) is 0 Å². The number of anilines is 1. The Morgan fingerprint density at radius 1 is 1.29 bits per heavy atom. The monoisotopic (exact) mass is 448 g/mol.